The van der Waals surface area contributed by atoms with E-state index in [9.17, 15) is 4.79 Å². The van der Waals surface area contributed by atoms with Crippen molar-refractivity contribution in [3.05, 3.63) is 47.3 Å². The van der Waals surface area contributed by atoms with Crippen molar-refractivity contribution in [3.8, 4) is 0 Å². The summed E-state index contributed by atoms with van der Waals surface area (Å²) < 4.78 is 2.04. The van der Waals surface area contributed by atoms with Gasteiger partial charge in [-0.05, 0) is 38.3 Å². The number of unbranched alkanes of at least 4 members (excludes halogenated alkanes) is 1. The zero-order valence-corrected chi connectivity index (χ0v) is 16.9. The number of carbonyl (C=O) groups excluding carboxylic acids is 1. The molecule has 140 valence electrons. The molecule has 1 aromatic heterocycles. The zero-order chi connectivity index (χ0) is 19.1. The van der Waals surface area contributed by atoms with Crippen LogP contribution < -0.4 is 5.32 Å². The topological polar surface area (TPSA) is 59.8 Å². The number of hydrogen-bond acceptors (Lipinski definition) is 4. The molecule has 1 amide bonds. The lowest BCUT2D eigenvalue weighted by atomic mass is 10.1. The first-order chi connectivity index (χ1) is 12.5. The third-order valence-electron chi connectivity index (χ3n) is 4.13. The van der Waals surface area contributed by atoms with Crippen molar-refractivity contribution in [1.29, 1.82) is 0 Å². The molecule has 0 fully saturated rings. The minimum absolute atomic E-state index is 0.0340. The van der Waals surface area contributed by atoms with Gasteiger partial charge in [-0.3, -0.25) is 4.79 Å². The van der Waals surface area contributed by atoms with Gasteiger partial charge in [0.2, 0.25) is 5.91 Å². The van der Waals surface area contributed by atoms with Crippen LogP contribution in [0.3, 0.4) is 0 Å². The number of benzene rings is 1. The Bertz CT molecular complexity index is 759. The molecule has 0 aliphatic carbocycles. The summed E-state index contributed by atoms with van der Waals surface area (Å²) in [7, 11) is 0. The Morgan fingerprint density at radius 2 is 1.96 bits per heavy atom. The van der Waals surface area contributed by atoms with Crippen molar-refractivity contribution >= 4 is 23.4 Å². The molecule has 0 bridgehead atoms. The molecule has 0 saturated heterocycles. The molecule has 0 atom stereocenters. The average Bonchev–Trinajstić information content (AvgIpc) is 2.96. The fourth-order valence-corrected chi connectivity index (χ4v) is 3.71. The number of allylic oxidation sites excluding steroid dienone is 1. The SMILES string of the molecule is C=CCn1c(CCCC)nnc1SCC(=O)Nc1c(C)cc(C)cc1C. The van der Waals surface area contributed by atoms with Gasteiger partial charge in [0.25, 0.3) is 0 Å². The summed E-state index contributed by atoms with van der Waals surface area (Å²) in [5.74, 6) is 1.23. The van der Waals surface area contributed by atoms with Crippen LogP contribution in [0.5, 0.6) is 0 Å². The van der Waals surface area contributed by atoms with Crippen LogP contribution in [0.15, 0.2) is 29.9 Å². The highest BCUT2D eigenvalue weighted by atomic mass is 32.2. The number of nitrogens with one attached hydrogen (secondary N) is 1. The standard InChI is InChI=1S/C20H28N4OS/c1-6-8-9-17-22-23-20(24(17)10-7-2)26-13-18(25)21-19-15(4)11-14(3)12-16(19)5/h7,11-12H,2,6,8-10,13H2,1,3-5H3,(H,21,25). The molecule has 1 N–H and O–H groups in total. The van der Waals surface area contributed by atoms with Gasteiger partial charge in [0.15, 0.2) is 5.16 Å². The normalized spacial score (nSPS) is 10.8. The number of thioether (sulfide) groups is 1. The molecule has 1 heterocycles. The summed E-state index contributed by atoms with van der Waals surface area (Å²) in [5.41, 5.74) is 4.26. The van der Waals surface area contributed by atoms with Gasteiger partial charge in [0, 0.05) is 18.7 Å². The number of aromatic nitrogens is 3. The molecule has 2 aromatic rings. The minimum atomic E-state index is -0.0340. The molecule has 26 heavy (non-hydrogen) atoms. The molecule has 5 nitrogen and oxygen atoms in total. The fraction of sp³-hybridized carbons (Fsp3) is 0.450. The maximum Gasteiger partial charge on any atom is 0.234 e. The quantitative estimate of drug-likeness (QED) is 0.521. The molecule has 0 aliphatic rings. The van der Waals surface area contributed by atoms with E-state index < -0.39 is 0 Å². The fourth-order valence-electron chi connectivity index (χ4n) is 2.94. The van der Waals surface area contributed by atoms with Gasteiger partial charge in [-0.15, -0.1) is 16.8 Å². The Morgan fingerprint density at radius 3 is 2.58 bits per heavy atom. The average molecular weight is 373 g/mol. The van der Waals surface area contributed by atoms with Crippen LogP contribution in [0, 0.1) is 20.8 Å². The van der Waals surface area contributed by atoms with Crippen LogP contribution in [0.2, 0.25) is 0 Å². The van der Waals surface area contributed by atoms with E-state index in [1.54, 1.807) is 0 Å². The number of anilines is 1. The predicted octanol–water partition coefficient (Wildman–Crippen LogP) is 4.46. The van der Waals surface area contributed by atoms with Crippen LogP contribution in [0.1, 0.15) is 42.3 Å². The maximum atomic E-state index is 12.4. The van der Waals surface area contributed by atoms with Gasteiger partial charge in [0.1, 0.15) is 5.82 Å². The van der Waals surface area contributed by atoms with Crippen molar-refractivity contribution in [1.82, 2.24) is 14.8 Å². The number of aryl methyl sites for hydroxylation is 4. The van der Waals surface area contributed by atoms with Crippen LogP contribution in [-0.2, 0) is 17.8 Å². The zero-order valence-electron chi connectivity index (χ0n) is 16.1. The van der Waals surface area contributed by atoms with Crippen molar-refractivity contribution < 1.29 is 4.79 Å². The molecule has 0 spiro atoms. The second-order valence-corrected chi connectivity index (χ2v) is 7.45. The van der Waals surface area contributed by atoms with E-state index >= 15 is 0 Å². The van der Waals surface area contributed by atoms with E-state index in [4.69, 9.17) is 0 Å². The summed E-state index contributed by atoms with van der Waals surface area (Å²) in [4.78, 5) is 12.4. The number of carbonyl (C=O) groups is 1. The van der Waals surface area contributed by atoms with E-state index in [0.29, 0.717) is 12.3 Å². The largest absolute Gasteiger partial charge is 0.325 e. The van der Waals surface area contributed by atoms with Crippen LogP contribution in [0.4, 0.5) is 5.69 Å². The lowest BCUT2D eigenvalue weighted by Gasteiger charge is -2.13. The first-order valence-electron chi connectivity index (χ1n) is 8.99. The Balaban J connectivity index is 2.03. The molecule has 2 rings (SSSR count). The third-order valence-corrected chi connectivity index (χ3v) is 5.10. The summed E-state index contributed by atoms with van der Waals surface area (Å²) in [6.45, 7) is 12.7. The smallest absolute Gasteiger partial charge is 0.234 e. The number of rotatable bonds is 9. The number of nitrogens with zero attached hydrogens (tertiary/aromatic N) is 3. The highest BCUT2D eigenvalue weighted by Gasteiger charge is 2.14. The Hall–Kier alpha value is -2.08. The first kappa shape index (κ1) is 20.2. The Kier molecular flexibility index (Phi) is 7.45. The summed E-state index contributed by atoms with van der Waals surface area (Å²) in [6, 6.07) is 4.16. The monoisotopic (exact) mass is 372 g/mol. The summed E-state index contributed by atoms with van der Waals surface area (Å²) in [5, 5.41) is 12.3. The molecule has 0 radical (unpaired) electrons. The van der Waals surface area contributed by atoms with Crippen molar-refractivity contribution in [2.24, 2.45) is 0 Å². The number of hydrogen-bond donors (Lipinski definition) is 1. The second kappa shape index (κ2) is 9.57. The highest BCUT2D eigenvalue weighted by molar-refractivity contribution is 7.99. The minimum Gasteiger partial charge on any atom is -0.325 e. The van der Waals surface area contributed by atoms with Crippen molar-refractivity contribution in [2.75, 3.05) is 11.1 Å². The lowest BCUT2D eigenvalue weighted by molar-refractivity contribution is -0.113. The second-order valence-electron chi connectivity index (χ2n) is 6.51. The van der Waals surface area contributed by atoms with Gasteiger partial charge < -0.3 is 9.88 Å². The molecule has 1 aromatic carbocycles. The van der Waals surface area contributed by atoms with Gasteiger partial charge in [-0.25, -0.2) is 0 Å². The van der Waals surface area contributed by atoms with E-state index in [0.717, 1.165) is 47.1 Å². The third kappa shape index (κ3) is 5.21. The Morgan fingerprint density at radius 1 is 1.27 bits per heavy atom. The highest BCUT2D eigenvalue weighted by Crippen LogP contribution is 2.23. The Labute approximate surface area is 160 Å². The van der Waals surface area contributed by atoms with Gasteiger partial charge in [-0.1, -0.05) is 48.9 Å². The van der Waals surface area contributed by atoms with Crippen LogP contribution in [-0.4, -0.2) is 26.4 Å². The molecule has 0 unspecified atom stereocenters. The lowest BCUT2D eigenvalue weighted by Crippen LogP contribution is -2.16. The van der Waals surface area contributed by atoms with E-state index in [1.165, 1.54) is 17.3 Å². The van der Waals surface area contributed by atoms with Crippen molar-refractivity contribution in [2.45, 2.75) is 58.7 Å². The molecule has 6 heteroatoms. The van der Waals surface area contributed by atoms with Gasteiger partial charge in [-0.2, -0.15) is 0 Å². The number of amides is 1. The van der Waals surface area contributed by atoms with Crippen LogP contribution >= 0.6 is 11.8 Å². The van der Waals surface area contributed by atoms with E-state index in [-0.39, 0.29) is 5.91 Å². The molecule has 0 aliphatic heterocycles. The molecular formula is C20H28N4OS. The summed E-state index contributed by atoms with van der Waals surface area (Å²) in [6.07, 6.45) is 4.92. The van der Waals surface area contributed by atoms with Crippen LogP contribution in [0.25, 0.3) is 0 Å². The summed E-state index contributed by atoms with van der Waals surface area (Å²) >= 11 is 1.41. The van der Waals surface area contributed by atoms with E-state index in [2.05, 4.69) is 48.1 Å². The van der Waals surface area contributed by atoms with Gasteiger partial charge in [0.05, 0.1) is 5.75 Å². The van der Waals surface area contributed by atoms with E-state index in [1.807, 2.05) is 24.5 Å². The maximum absolute atomic E-state index is 12.4. The predicted molar refractivity (Wildman–Crippen MR) is 109 cm³/mol. The molecular weight excluding hydrogens is 344 g/mol. The van der Waals surface area contributed by atoms with Gasteiger partial charge >= 0.3 is 0 Å². The van der Waals surface area contributed by atoms with Crippen molar-refractivity contribution in [3.63, 3.8) is 0 Å². The molecule has 0 saturated carbocycles. The first-order valence-corrected chi connectivity index (χ1v) is 9.98.